The zero-order valence-corrected chi connectivity index (χ0v) is 13.3. The van der Waals surface area contributed by atoms with Crippen molar-refractivity contribution in [2.75, 3.05) is 5.75 Å². The van der Waals surface area contributed by atoms with E-state index < -0.39 is 26.5 Å². The molecule has 7 heteroatoms. The molecule has 1 atom stereocenters. The standard InChI is InChI=1S/C15H19NO5S/c1-15(2)12(7-8-22(15,20)21)13(17)16-9-10-3-5-11(6-4-10)14(18)19/h3-6,12H,7-9H2,1-2H3,(H,16,17)(H,18,19). The van der Waals surface area contributed by atoms with E-state index >= 15 is 0 Å². The van der Waals surface area contributed by atoms with E-state index in [1.807, 2.05) is 0 Å². The Bertz CT molecular complexity index is 691. The van der Waals surface area contributed by atoms with E-state index in [0.717, 1.165) is 5.56 Å². The van der Waals surface area contributed by atoms with Gasteiger partial charge in [-0.1, -0.05) is 12.1 Å². The van der Waals surface area contributed by atoms with Crippen molar-refractivity contribution in [2.45, 2.75) is 31.6 Å². The van der Waals surface area contributed by atoms with Gasteiger partial charge in [-0.3, -0.25) is 4.79 Å². The third kappa shape index (κ3) is 2.99. The Morgan fingerprint density at radius 1 is 1.27 bits per heavy atom. The maximum absolute atomic E-state index is 12.2. The zero-order valence-electron chi connectivity index (χ0n) is 12.5. The van der Waals surface area contributed by atoms with Crippen LogP contribution in [0.4, 0.5) is 0 Å². The average Bonchev–Trinajstić information content (AvgIpc) is 2.66. The zero-order chi connectivity index (χ0) is 16.5. The second-order valence-corrected chi connectivity index (χ2v) is 8.67. The molecule has 22 heavy (non-hydrogen) atoms. The summed E-state index contributed by atoms with van der Waals surface area (Å²) in [7, 11) is -3.24. The second-order valence-electron chi connectivity index (χ2n) is 5.98. The fraction of sp³-hybridized carbons (Fsp3) is 0.467. The molecule has 1 fully saturated rings. The fourth-order valence-electron chi connectivity index (χ4n) is 2.62. The largest absolute Gasteiger partial charge is 0.478 e. The third-order valence-corrected chi connectivity index (χ3v) is 6.96. The molecular weight excluding hydrogens is 306 g/mol. The van der Waals surface area contributed by atoms with Crippen LogP contribution in [0.1, 0.15) is 36.2 Å². The van der Waals surface area contributed by atoms with E-state index in [1.165, 1.54) is 12.1 Å². The molecule has 1 aliphatic rings. The van der Waals surface area contributed by atoms with E-state index in [2.05, 4.69) is 5.32 Å². The number of carboxylic acid groups (broad SMARTS) is 1. The van der Waals surface area contributed by atoms with Crippen molar-refractivity contribution >= 4 is 21.7 Å². The molecule has 0 spiro atoms. The van der Waals surface area contributed by atoms with Gasteiger partial charge in [-0.15, -0.1) is 0 Å². The van der Waals surface area contributed by atoms with Crippen LogP contribution >= 0.6 is 0 Å². The summed E-state index contributed by atoms with van der Waals surface area (Å²) >= 11 is 0. The van der Waals surface area contributed by atoms with E-state index in [-0.39, 0.29) is 23.8 Å². The molecule has 1 amide bonds. The number of sulfone groups is 1. The lowest BCUT2D eigenvalue weighted by Gasteiger charge is -2.24. The Kier molecular flexibility index (Phi) is 4.28. The predicted octanol–water partition coefficient (Wildman–Crippen LogP) is 1.21. The Morgan fingerprint density at radius 2 is 1.86 bits per heavy atom. The van der Waals surface area contributed by atoms with Crippen LogP contribution < -0.4 is 5.32 Å². The number of hydrogen-bond acceptors (Lipinski definition) is 4. The van der Waals surface area contributed by atoms with Gasteiger partial charge in [0.15, 0.2) is 9.84 Å². The Morgan fingerprint density at radius 3 is 2.32 bits per heavy atom. The Balaban J connectivity index is 2.00. The van der Waals surface area contributed by atoms with Gasteiger partial charge in [-0.2, -0.15) is 0 Å². The Hall–Kier alpha value is -1.89. The second kappa shape index (κ2) is 5.72. The molecule has 0 saturated carbocycles. The molecule has 2 N–H and O–H groups in total. The highest BCUT2D eigenvalue weighted by atomic mass is 32.2. The molecule has 1 unspecified atom stereocenters. The van der Waals surface area contributed by atoms with Gasteiger partial charge in [0.2, 0.25) is 5.91 Å². The summed E-state index contributed by atoms with van der Waals surface area (Å²) in [5.41, 5.74) is 0.940. The number of amides is 1. The summed E-state index contributed by atoms with van der Waals surface area (Å²) in [6.07, 6.45) is 0.332. The maximum Gasteiger partial charge on any atom is 0.335 e. The molecule has 0 aromatic heterocycles. The first-order chi connectivity index (χ1) is 10.1. The third-order valence-electron chi connectivity index (χ3n) is 4.30. The van der Waals surface area contributed by atoms with Crippen LogP contribution in [0, 0.1) is 5.92 Å². The van der Waals surface area contributed by atoms with E-state index in [9.17, 15) is 18.0 Å². The minimum Gasteiger partial charge on any atom is -0.478 e. The van der Waals surface area contributed by atoms with Crippen molar-refractivity contribution < 1.29 is 23.1 Å². The first-order valence-electron chi connectivity index (χ1n) is 6.97. The first kappa shape index (κ1) is 16.5. The highest BCUT2D eigenvalue weighted by Gasteiger charge is 2.50. The lowest BCUT2D eigenvalue weighted by Crippen LogP contribution is -2.42. The summed E-state index contributed by atoms with van der Waals surface area (Å²) in [4.78, 5) is 23.0. The number of benzene rings is 1. The van der Waals surface area contributed by atoms with Gasteiger partial charge in [-0.05, 0) is 38.0 Å². The summed E-state index contributed by atoms with van der Waals surface area (Å²) in [6, 6.07) is 6.18. The van der Waals surface area contributed by atoms with Crippen molar-refractivity contribution in [1.29, 1.82) is 0 Å². The summed E-state index contributed by atoms with van der Waals surface area (Å²) < 4.78 is 22.8. The smallest absolute Gasteiger partial charge is 0.335 e. The van der Waals surface area contributed by atoms with Crippen molar-refractivity contribution in [1.82, 2.24) is 5.32 Å². The molecule has 0 radical (unpaired) electrons. The minimum atomic E-state index is -3.24. The SMILES string of the molecule is CC1(C)C(C(=O)NCc2ccc(C(=O)O)cc2)CCS1(=O)=O. The van der Waals surface area contributed by atoms with Crippen LogP contribution in [0.2, 0.25) is 0 Å². The van der Waals surface area contributed by atoms with Gasteiger partial charge in [0.25, 0.3) is 0 Å². The molecule has 6 nitrogen and oxygen atoms in total. The van der Waals surface area contributed by atoms with E-state index in [0.29, 0.717) is 6.42 Å². The molecule has 1 aromatic carbocycles. The number of nitrogens with one attached hydrogen (secondary N) is 1. The average molecular weight is 325 g/mol. The molecule has 0 aliphatic carbocycles. The molecule has 2 rings (SSSR count). The van der Waals surface area contributed by atoms with Crippen LogP contribution in [0.25, 0.3) is 0 Å². The van der Waals surface area contributed by atoms with Crippen LogP contribution in [0.5, 0.6) is 0 Å². The first-order valence-corrected chi connectivity index (χ1v) is 8.62. The lowest BCUT2D eigenvalue weighted by atomic mass is 9.92. The van der Waals surface area contributed by atoms with E-state index in [4.69, 9.17) is 5.11 Å². The van der Waals surface area contributed by atoms with Crippen LogP contribution in [0.15, 0.2) is 24.3 Å². The lowest BCUT2D eigenvalue weighted by molar-refractivity contribution is -0.125. The number of carbonyl (C=O) groups excluding carboxylic acids is 1. The molecule has 1 heterocycles. The van der Waals surface area contributed by atoms with Gasteiger partial charge < -0.3 is 10.4 Å². The number of aromatic carboxylic acids is 1. The van der Waals surface area contributed by atoms with Crippen molar-refractivity contribution in [3.05, 3.63) is 35.4 Å². The molecule has 1 aromatic rings. The molecule has 1 saturated heterocycles. The van der Waals surface area contributed by atoms with Gasteiger partial charge in [-0.25, -0.2) is 13.2 Å². The quantitative estimate of drug-likeness (QED) is 0.867. The number of hydrogen-bond donors (Lipinski definition) is 2. The van der Waals surface area contributed by atoms with Crippen molar-refractivity contribution in [3.63, 3.8) is 0 Å². The molecule has 120 valence electrons. The minimum absolute atomic E-state index is 0.0331. The number of carbonyl (C=O) groups is 2. The maximum atomic E-state index is 12.2. The van der Waals surface area contributed by atoms with Crippen molar-refractivity contribution in [3.8, 4) is 0 Å². The van der Waals surface area contributed by atoms with Gasteiger partial charge >= 0.3 is 5.97 Å². The van der Waals surface area contributed by atoms with Crippen LogP contribution in [-0.2, 0) is 21.2 Å². The predicted molar refractivity (Wildman–Crippen MR) is 81.2 cm³/mol. The van der Waals surface area contributed by atoms with Gasteiger partial charge in [0.05, 0.1) is 22.0 Å². The monoisotopic (exact) mass is 325 g/mol. The molecular formula is C15H19NO5S. The van der Waals surface area contributed by atoms with Crippen LogP contribution in [0.3, 0.4) is 0 Å². The number of rotatable bonds is 4. The van der Waals surface area contributed by atoms with Crippen LogP contribution in [-0.4, -0.2) is 35.9 Å². The molecule has 0 bridgehead atoms. The fourth-order valence-corrected chi connectivity index (χ4v) is 4.36. The molecule has 1 aliphatic heterocycles. The summed E-state index contributed by atoms with van der Waals surface area (Å²) in [5, 5.41) is 11.5. The highest BCUT2D eigenvalue weighted by Crippen LogP contribution is 2.37. The normalized spacial score (nSPS) is 22.2. The summed E-state index contributed by atoms with van der Waals surface area (Å²) in [5.74, 6) is -1.82. The number of carboxylic acids is 1. The van der Waals surface area contributed by atoms with E-state index in [1.54, 1.807) is 26.0 Å². The van der Waals surface area contributed by atoms with Crippen molar-refractivity contribution in [2.24, 2.45) is 5.92 Å². The highest BCUT2D eigenvalue weighted by molar-refractivity contribution is 7.93. The van der Waals surface area contributed by atoms with Gasteiger partial charge in [0.1, 0.15) is 0 Å². The topological polar surface area (TPSA) is 101 Å². The summed E-state index contributed by atoms with van der Waals surface area (Å²) in [6.45, 7) is 3.41. The Labute approximate surface area is 129 Å². The van der Waals surface area contributed by atoms with Gasteiger partial charge in [0, 0.05) is 6.54 Å².